The number of benzene rings is 1. The summed E-state index contributed by atoms with van der Waals surface area (Å²) < 4.78 is 8.12. The third-order valence-corrected chi connectivity index (χ3v) is 4.79. The Morgan fingerprint density at radius 2 is 2.04 bits per heavy atom. The summed E-state index contributed by atoms with van der Waals surface area (Å²) in [6.45, 7) is 0. The zero-order chi connectivity index (χ0) is 17.2. The molecule has 8 heteroatoms. The van der Waals surface area contributed by atoms with E-state index < -0.39 is 0 Å². The van der Waals surface area contributed by atoms with Crippen molar-refractivity contribution in [2.24, 2.45) is 0 Å². The van der Waals surface area contributed by atoms with Gasteiger partial charge in [0.25, 0.3) is 10.8 Å². The number of fused-ring (bicyclic) bond motifs is 1. The van der Waals surface area contributed by atoms with Crippen molar-refractivity contribution in [2.75, 3.05) is 0 Å². The van der Waals surface area contributed by atoms with E-state index in [1.807, 2.05) is 30.3 Å². The summed E-state index contributed by atoms with van der Waals surface area (Å²) in [6.07, 6.45) is 1.70. The summed E-state index contributed by atoms with van der Waals surface area (Å²) in [4.78, 5) is 16.6. The maximum atomic E-state index is 12.1. The Balaban J connectivity index is 1.53. The molecule has 0 bridgehead atoms. The zero-order valence-electron chi connectivity index (χ0n) is 12.8. The molecule has 0 aliphatic rings. The molecule has 0 aliphatic heterocycles. The molecule has 4 aromatic rings. The van der Waals surface area contributed by atoms with Crippen LogP contribution in [0.3, 0.4) is 0 Å². The van der Waals surface area contributed by atoms with Gasteiger partial charge in [0, 0.05) is 28.1 Å². The largest absolute Gasteiger partial charge is 0.411 e. The van der Waals surface area contributed by atoms with Gasteiger partial charge >= 0.3 is 0 Å². The van der Waals surface area contributed by atoms with Crippen molar-refractivity contribution < 1.29 is 4.42 Å². The Morgan fingerprint density at radius 3 is 2.92 bits per heavy atom. The predicted molar refractivity (Wildman–Crippen MR) is 98.5 cm³/mol. The fourth-order valence-corrected chi connectivity index (χ4v) is 3.37. The van der Waals surface area contributed by atoms with Crippen LogP contribution in [0.5, 0.6) is 0 Å². The van der Waals surface area contributed by atoms with E-state index in [0.717, 1.165) is 10.0 Å². The lowest BCUT2D eigenvalue weighted by molar-refractivity contribution is 0.466. The number of hydrogen-bond acceptors (Lipinski definition) is 6. The molecule has 0 aliphatic carbocycles. The minimum atomic E-state index is -0.110. The molecule has 3 aromatic heterocycles. The molecular formula is C17H11BrN4O2S. The molecular weight excluding hydrogens is 404 g/mol. The van der Waals surface area contributed by atoms with Gasteiger partial charge in [-0.25, -0.2) is 4.98 Å². The highest BCUT2D eigenvalue weighted by Gasteiger charge is 2.10. The minimum Gasteiger partial charge on any atom is -0.411 e. The van der Waals surface area contributed by atoms with Gasteiger partial charge in [-0.2, -0.15) is 0 Å². The van der Waals surface area contributed by atoms with Crippen molar-refractivity contribution in [1.29, 1.82) is 0 Å². The predicted octanol–water partition coefficient (Wildman–Crippen LogP) is 3.80. The van der Waals surface area contributed by atoms with Crippen LogP contribution in [-0.2, 0) is 5.75 Å². The second-order valence-corrected chi connectivity index (χ2v) is 7.03. The topological polar surface area (TPSA) is 73.3 Å². The van der Waals surface area contributed by atoms with Gasteiger partial charge in [0.2, 0.25) is 5.89 Å². The van der Waals surface area contributed by atoms with E-state index in [1.165, 1.54) is 22.2 Å². The van der Waals surface area contributed by atoms with Crippen LogP contribution in [0, 0.1) is 0 Å². The SMILES string of the molecule is O=c1cc(CSc2nnc(-c3cccc(Br)c3)o2)nc2ccccn12. The summed E-state index contributed by atoms with van der Waals surface area (Å²) in [5.74, 6) is 0.927. The molecule has 0 amide bonds. The maximum absolute atomic E-state index is 12.1. The van der Waals surface area contributed by atoms with Crippen molar-refractivity contribution in [3.63, 3.8) is 0 Å². The summed E-state index contributed by atoms with van der Waals surface area (Å²) >= 11 is 4.77. The van der Waals surface area contributed by atoms with E-state index in [9.17, 15) is 4.79 Å². The summed E-state index contributed by atoms with van der Waals surface area (Å²) in [6, 6.07) is 14.6. The summed E-state index contributed by atoms with van der Waals surface area (Å²) in [5, 5.41) is 8.54. The first kappa shape index (κ1) is 16.0. The van der Waals surface area contributed by atoms with Crippen LogP contribution in [0.1, 0.15) is 5.69 Å². The van der Waals surface area contributed by atoms with Gasteiger partial charge in [0.05, 0.1) is 5.69 Å². The molecule has 0 radical (unpaired) electrons. The van der Waals surface area contributed by atoms with E-state index in [0.29, 0.717) is 28.2 Å². The minimum absolute atomic E-state index is 0.110. The number of halogens is 1. The standard InChI is InChI=1S/C17H11BrN4O2S/c18-12-5-3-4-11(8-12)16-20-21-17(24-16)25-10-13-9-15(23)22-7-2-1-6-14(22)19-13/h1-9H,10H2. The first-order chi connectivity index (χ1) is 12.2. The molecule has 124 valence electrons. The number of pyridine rings is 1. The molecule has 0 atom stereocenters. The summed E-state index contributed by atoms with van der Waals surface area (Å²) in [5.41, 5.74) is 2.02. The number of aromatic nitrogens is 4. The second-order valence-electron chi connectivity index (χ2n) is 5.19. The lowest BCUT2D eigenvalue weighted by Crippen LogP contribution is -2.14. The van der Waals surface area contributed by atoms with Crippen LogP contribution in [0.2, 0.25) is 0 Å². The fourth-order valence-electron chi connectivity index (χ4n) is 2.32. The van der Waals surface area contributed by atoms with Gasteiger partial charge < -0.3 is 4.42 Å². The van der Waals surface area contributed by atoms with E-state index >= 15 is 0 Å². The maximum Gasteiger partial charge on any atom is 0.277 e. The monoisotopic (exact) mass is 414 g/mol. The van der Waals surface area contributed by atoms with Crippen molar-refractivity contribution >= 4 is 33.3 Å². The Hall–Kier alpha value is -2.45. The lowest BCUT2D eigenvalue weighted by Gasteiger charge is -2.02. The molecule has 6 nitrogen and oxygen atoms in total. The van der Waals surface area contributed by atoms with Crippen LogP contribution in [0.15, 0.2) is 73.6 Å². The molecule has 0 saturated carbocycles. The highest BCUT2D eigenvalue weighted by Crippen LogP contribution is 2.26. The van der Waals surface area contributed by atoms with Gasteiger partial charge in [0.15, 0.2) is 0 Å². The molecule has 0 unspecified atom stereocenters. The quantitative estimate of drug-likeness (QED) is 0.472. The Bertz CT molecular complexity index is 1110. The normalized spacial score (nSPS) is 11.1. The molecule has 25 heavy (non-hydrogen) atoms. The smallest absolute Gasteiger partial charge is 0.277 e. The van der Waals surface area contributed by atoms with E-state index in [-0.39, 0.29) is 5.56 Å². The highest BCUT2D eigenvalue weighted by molar-refractivity contribution is 9.10. The Labute approximate surface area is 155 Å². The number of hydrogen-bond donors (Lipinski definition) is 0. The van der Waals surface area contributed by atoms with E-state index in [4.69, 9.17) is 4.42 Å². The van der Waals surface area contributed by atoms with Crippen molar-refractivity contribution in [1.82, 2.24) is 19.6 Å². The molecule has 0 spiro atoms. The summed E-state index contributed by atoms with van der Waals surface area (Å²) in [7, 11) is 0. The van der Waals surface area contributed by atoms with Crippen molar-refractivity contribution in [3.05, 3.63) is 75.2 Å². The van der Waals surface area contributed by atoms with Crippen molar-refractivity contribution in [2.45, 2.75) is 11.0 Å². The van der Waals surface area contributed by atoms with Crippen molar-refractivity contribution in [3.8, 4) is 11.5 Å². The average Bonchev–Trinajstić information content (AvgIpc) is 3.09. The third-order valence-electron chi connectivity index (χ3n) is 3.45. The second kappa shape index (κ2) is 6.81. The number of nitrogens with zero attached hydrogens (tertiary/aromatic N) is 4. The molecule has 4 rings (SSSR count). The van der Waals surface area contributed by atoms with Crippen LogP contribution in [0.25, 0.3) is 17.1 Å². The van der Waals surface area contributed by atoms with Crippen LogP contribution in [0.4, 0.5) is 0 Å². The number of thioether (sulfide) groups is 1. The average molecular weight is 415 g/mol. The van der Waals surface area contributed by atoms with Crippen LogP contribution < -0.4 is 5.56 Å². The van der Waals surface area contributed by atoms with Gasteiger partial charge in [-0.3, -0.25) is 9.20 Å². The first-order valence-electron chi connectivity index (χ1n) is 7.38. The molecule has 0 saturated heterocycles. The van der Waals surface area contributed by atoms with E-state index in [2.05, 4.69) is 31.1 Å². The Morgan fingerprint density at radius 1 is 1.12 bits per heavy atom. The highest BCUT2D eigenvalue weighted by atomic mass is 79.9. The first-order valence-corrected chi connectivity index (χ1v) is 9.16. The molecule has 1 aromatic carbocycles. The zero-order valence-corrected chi connectivity index (χ0v) is 15.2. The van der Waals surface area contributed by atoms with Crippen LogP contribution >= 0.6 is 27.7 Å². The fraction of sp³-hybridized carbons (Fsp3) is 0.0588. The van der Waals surface area contributed by atoms with Gasteiger partial charge in [-0.05, 0) is 30.3 Å². The van der Waals surface area contributed by atoms with Gasteiger partial charge in [0.1, 0.15) is 5.65 Å². The number of rotatable bonds is 4. The van der Waals surface area contributed by atoms with Crippen LogP contribution in [-0.4, -0.2) is 19.6 Å². The third kappa shape index (κ3) is 3.49. The molecule has 0 N–H and O–H groups in total. The lowest BCUT2D eigenvalue weighted by atomic mass is 10.2. The Kier molecular flexibility index (Phi) is 4.37. The molecule has 0 fully saturated rings. The molecule has 3 heterocycles. The van der Waals surface area contributed by atoms with E-state index in [1.54, 1.807) is 18.3 Å². The van der Waals surface area contributed by atoms with Gasteiger partial charge in [-0.1, -0.05) is 39.8 Å². The van der Waals surface area contributed by atoms with Gasteiger partial charge in [-0.15, -0.1) is 10.2 Å².